The molecule has 158 valence electrons. The molecule has 2 aromatic rings. The third-order valence-corrected chi connectivity index (χ3v) is 4.44. The van der Waals surface area contributed by atoms with Crippen molar-refractivity contribution in [2.24, 2.45) is 0 Å². The fourth-order valence-electron chi connectivity index (χ4n) is 2.39. The number of benzene rings is 2. The minimum atomic E-state index is 0.261. The molecule has 0 saturated heterocycles. The molecule has 0 heterocycles. The SMILES string of the molecule is CC.COC.COCc1cc(Br)c(CN(C)CCc2ccc(O)cc2)cc1O. The van der Waals surface area contributed by atoms with E-state index in [0.717, 1.165) is 35.1 Å². The van der Waals surface area contributed by atoms with E-state index in [1.54, 1.807) is 39.5 Å². The first-order chi connectivity index (χ1) is 13.4. The van der Waals surface area contributed by atoms with Gasteiger partial charge in [-0.15, -0.1) is 0 Å². The summed E-state index contributed by atoms with van der Waals surface area (Å²) in [5.41, 5.74) is 3.00. The molecule has 0 radical (unpaired) electrons. The van der Waals surface area contributed by atoms with Crippen LogP contribution >= 0.6 is 15.9 Å². The van der Waals surface area contributed by atoms with Crippen LogP contribution in [-0.2, 0) is 29.0 Å². The van der Waals surface area contributed by atoms with E-state index < -0.39 is 0 Å². The molecule has 0 bridgehead atoms. The molecule has 0 spiro atoms. The van der Waals surface area contributed by atoms with Crippen LogP contribution in [0.4, 0.5) is 0 Å². The number of hydrogen-bond donors (Lipinski definition) is 2. The van der Waals surface area contributed by atoms with Crippen LogP contribution in [0.15, 0.2) is 40.9 Å². The van der Waals surface area contributed by atoms with Crippen LogP contribution in [0.3, 0.4) is 0 Å². The van der Waals surface area contributed by atoms with Crippen molar-refractivity contribution in [3.05, 3.63) is 57.6 Å². The lowest BCUT2D eigenvalue weighted by Gasteiger charge is -2.18. The molecule has 5 nitrogen and oxygen atoms in total. The van der Waals surface area contributed by atoms with Gasteiger partial charge in [-0.1, -0.05) is 41.9 Å². The molecule has 28 heavy (non-hydrogen) atoms. The molecular weight excluding hydrogens is 422 g/mol. The van der Waals surface area contributed by atoms with Crippen LogP contribution in [0.1, 0.15) is 30.5 Å². The molecule has 0 aliphatic carbocycles. The van der Waals surface area contributed by atoms with Gasteiger partial charge in [0.25, 0.3) is 0 Å². The summed E-state index contributed by atoms with van der Waals surface area (Å²) >= 11 is 3.56. The zero-order valence-corrected chi connectivity index (χ0v) is 19.4. The van der Waals surface area contributed by atoms with Gasteiger partial charge in [0.1, 0.15) is 11.5 Å². The zero-order chi connectivity index (χ0) is 21.5. The number of nitrogens with zero attached hydrogens (tertiary/aromatic N) is 1. The van der Waals surface area contributed by atoms with Crippen molar-refractivity contribution in [1.82, 2.24) is 4.90 Å². The number of hydrogen-bond acceptors (Lipinski definition) is 5. The summed E-state index contributed by atoms with van der Waals surface area (Å²) in [6, 6.07) is 11.0. The summed E-state index contributed by atoms with van der Waals surface area (Å²) in [5, 5.41) is 19.3. The maximum atomic E-state index is 10.1. The Morgan fingerprint density at radius 2 is 1.54 bits per heavy atom. The van der Waals surface area contributed by atoms with Gasteiger partial charge in [0.15, 0.2) is 0 Å². The summed E-state index contributed by atoms with van der Waals surface area (Å²) < 4.78 is 10.3. The Labute approximate surface area is 178 Å². The minimum absolute atomic E-state index is 0.261. The van der Waals surface area contributed by atoms with Crippen molar-refractivity contribution in [2.75, 3.05) is 34.9 Å². The molecule has 2 N–H and O–H groups in total. The maximum Gasteiger partial charge on any atom is 0.121 e. The van der Waals surface area contributed by atoms with Crippen molar-refractivity contribution in [3.63, 3.8) is 0 Å². The van der Waals surface area contributed by atoms with Crippen molar-refractivity contribution in [2.45, 2.75) is 33.4 Å². The van der Waals surface area contributed by atoms with Crippen LogP contribution in [0.2, 0.25) is 0 Å². The van der Waals surface area contributed by atoms with Gasteiger partial charge in [-0.05, 0) is 48.9 Å². The van der Waals surface area contributed by atoms with Crippen molar-refractivity contribution in [3.8, 4) is 11.5 Å². The second-order valence-electron chi connectivity index (χ2n) is 6.07. The number of phenols is 2. The molecule has 0 aliphatic rings. The summed E-state index contributed by atoms with van der Waals surface area (Å²) in [5.74, 6) is 0.551. The molecule has 6 heteroatoms. The predicted molar refractivity (Wildman–Crippen MR) is 119 cm³/mol. The van der Waals surface area contributed by atoms with Crippen LogP contribution in [-0.4, -0.2) is 50.0 Å². The van der Waals surface area contributed by atoms with E-state index >= 15 is 0 Å². The van der Waals surface area contributed by atoms with E-state index in [1.165, 1.54) is 5.56 Å². The standard InChI is InChI=1S/C18H22BrNO3.C2H6O.C2H6/c1-20(8-7-13-3-5-16(21)6-4-13)11-14-10-18(22)15(12-23-2)9-17(14)19;1-3-2;1-2/h3-6,9-10,21-22H,7-8,11-12H2,1-2H3;1-2H3;1-2H3. The van der Waals surface area contributed by atoms with Gasteiger partial charge in [0.2, 0.25) is 0 Å². The lowest BCUT2D eigenvalue weighted by molar-refractivity contribution is 0.182. The molecule has 0 amide bonds. The number of ether oxygens (including phenoxy) is 2. The van der Waals surface area contributed by atoms with E-state index in [0.29, 0.717) is 6.61 Å². The van der Waals surface area contributed by atoms with Crippen LogP contribution in [0, 0.1) is 0 Å². The number of rotatable bonds is 7. The average molecular weight is 456 g/mol. The smallest absolute Gasteiger partial charge is 0.121 e. The van der Waals surface area contributed by atoms with E-state index in [-0.39, 0.29) is 11.5 Å². The first-order valence-electron chi connectivity index (χ1n) is 9.27. The number of halogens is 1. The first kappa shape index (κ1) is 26.4. The molecule has 0 saturated carbocycles. The van der Waals surface area contributed by atoms with Gasteiger partial charge in [0, 0.05) is 44.5 Å². The Bertz CT molecular complexity index is 662. The highest BCUT2D eigenvalue weighted by Gasteiger charge is 2.10. The highest BCUT2D eigenvalue weighted by Crippen LogP contribution is 2.28. The van der Waals surface area contributed by atoms with E-state index in [9.17, 15) is 10.2 Å². The van der Waals surface area contributed by atoms with E-state index in [2.05, 4.69) is 25.6 Å². The van der Waals surface area contributed by atoms with Crippen LogP contribution < -0.4 is 0 Å². The summed E-state index contributed by atoms with van der Waals surface area (Å²) in [6.45, 7) is 6.01. The summed E-state index contributed by atoms with van der Waals surface area (Å²) in [7, 11) is 6.91. The third kappa shape index (κ3) is 10.1. The minimum Gasteiger partial charge on any atom is -0.508 e. The molecule has 0 unspecified atom stereocenters. The predicted octanol–water partition coefficient (Wildman–Crippen LogP) is 4.97. The fraction of sp³-hybridized carbons (Fsp3) is 0.455. The van der Waals surface area contributed by atoms with Gasteiger partial charge in [-0.3, -0.25) is 0 Å². The van der Waals surface area contributed by atoms with Gasteiger partial charge in [-0.2, -0.15) is 0 Å². The lowest BCUT2D eigenvalue weighted by Crippen LogP contribution is -2.21. The van der Waals surface area contributed by atoms with Gasteiger partial charge >= 0.3 is 0 Å². The Kier molecular flexibility index (Phi) is 14.5. The Morgan fingerprint density at radius 3 is 2.07 bits per heavy atom. The molecule has 0 aliphatic heterocycles. The third-order valence-electron chi connectivity index (χ3n) is 3.71. The Morgan fingerprint density at radius 1 is 0.964 bits per heavy atom. The maximum absolute atomic E-state index is 10.1. The van der Waals surface area contributed by atoms with Crippen molar-refractivity contribution in [1.29, 1.82) is 0 Å². The number of aromatic hydroxyl groups is 2. The molecular formula is C22H34BrNO4. The van der Waals surface area contributed by atoms with E-state index in [4.69, 9.17) is 4.74 Å². The zero-order valence-electron chi connectivity index (χ0n) is 17.8. The number of phenolic OH excluding ortho intramolecular Hbond substituents is 2. The van der Waals surface area contributed by atoms with Gasteiger partial charge < -0.3 is 24.6 Å². The van der Waals surface area contributed by atoms with Gasteiger partial charge in [0.05, 0.1) is 6.61 Å². The molecule has 2 rings (SSSR count). The van der Waals surface area contributed by atoms with Crippen molar-refractivity contribution < 1.29 is 19.7 Å². The van der Waals surface area contributed by atoms with Crippen LogP contribution in [0.25, 0.3) is 0 Å². The Hall–Kier alpha value is -1.60. The fourth-order valence-corrected chi connectivity index (χ4v) is 2.91. The second kappa shape index (κ2) is 15.3. The highest BCUT2D eigenvalue weighted by atomic mass is 79.9. The average Bonchev–Trinajstić information content (AvgIpc) is 2.68. The Balaban J connectivity index is 0.00000133. The largest absolute Gasteiger partial charge is 0.508 e. The van der Waals surface area contributed by atoms with E-state index in [1.807, 2.05) is 39.1 Å². The normalized spacial score (nSPS) is 10.0. The molecule has 0 fully saturated rings. The van der Waals surface area contributed by atoms with Gasteiger partial charge in [-0.25, -0.2) is 0 Å². The molecule has 0 atom stereocenters. The lowest BCUT2D eigenvalue weighted by atomic mass is 10.1. The quantitative estimate of drug-likeness (QED) is 0.616. The summed E-state index contributed by atoms with van der Waals surface area (Å²) in [6.07, 6.45) is 0.905. The monoisotopic (exact) mass is 455 g/mol. The summed E-state index contributed by atoms with van der Waals surface area (Å²) in [4.78, 5) is 2.20. The van der Waals surface area contributed by atoms with Crippen molar-refractivity contribution >= 4 is 15.9 Å². The number of likely N-dealkylation sites (N-methyl/N-ethyl adjacent to an activating group) is 1. The molecule has 2 aromatic carbocycles. The number of methoxy groups -OCH3 is 2. The first-order valence-corrected chi connectivity index (χ1v) is 10.1. The topological polar surface area (TPSA) is 62.2 Å². The van der Waals surface area contributed by atoms with Crippen LogP contribution in [0.5, 0.6) is 11.5 Å². The molecule has 0 aromatic heterocycles. The highest BCUT2D eigenvalue weighted by molar-refractivity contribution is 9.10. The second-order valence-corrected chi connectivity index (χ2v) is 6.92.